The summed E-state index contributed by atoms with van der Waals surface area (Å²) in [4.78, 5) is 33.3. The number of phenolic OH excluding ortho intramolecular Hbond substituents is 1. The van der Waals surface area contributed by atoms with E-state index in [1.54, 1.807) is 0 Å². The molecule has 0 spiro atoms. The zero-order valence-corrected chi connectivity index (χ0v) is 9.95. The number of phenols is 1. The molecule has 0 aliphatic heterocycles. The van der Waals surface area contributed by atoms with Gasteiger partial charge in [-0.15, -0.1) is 0 Å². The van der Waals surface area contributed by atoms with Crippen LogP contribution in [0, 0.1) is 0 Å². The zero-order valence-electron chi connectivity index (χ0n) is 9.95. The van der Waals surface area contributed by atoms with Crippen LogP contribution < -0.4 is 10.9 Å². The van der Waals surface area contributed by atoms with Crippen molar-refractivity contribution < 1.29 is 19.8 Å². The van der Waals surface area contributed by atoms with Gasteiger partial charge in [-0.3, -0.25) is 9.59 Å². The molecule has 8 heteroatoms. The molecule has 1 aromatic heterocycles. The van der Waals surface area contributed by atoms with Gasteiger partial charge in [-0.1, -0.05) is 0 Å². The molecule has 0 atom stereocenters. The first-order valence-electron chi connectivity index (χ1n) is 5.41. The second kappa shape index (κ2) is 5.22. The van der Waals surface area contributed by atoms with Crippen LogP contribution in [-0.4, -0.2) is 32.3 Å². The minimum absolute atomic E-state index is 0.0352. The summed E-state index contributed by atoms with van der Waals surface area (Å²) in [6.45, 7) is 0. The van der Waals surface area contributed by atoms with E-state index in [9.17, 15) is 19.5 Å². The molecule has 0 aliphatic rings. The highest BCUT2D eigenvalue weighted by atomic mass is 16.4. The number of carboxylic acids is 1. The van der Waals surface area contributed by atoms with E-state index >= 15 is 0 Å². The monoisotopic (exact) mass is 275 g/mol. The van der Waals surface area contributed by atoms with E-state index in [1.165, 1.54) is 18.2 Å². The van der Waals surface area contributed by atoms with Crippen molar-refractivity contribution in [3.8, 4) is 5.75 Å². The average molecular weight is 275 g/mol. The van der Waals surface area contributed by atoms with Crippen molar-refractivity contribution in [2.45, 2.75) is 0 Å². The first kappa shape index (κ1) is 13.3. The van der Waals surface area contributed by atoms with Gasteiger partial charge in [0.2, 0.25) is 0 Å². The van der Waals surface area contributed by atoms with Crippen LogP contribution in [0.5, 0.6) is 5.75 Å². The Kier molecular flexibility index (Phi) is 3.47. The Morgan fingerprint density at radius 3 is 2.50 bits per heavy atom. The van der Waals surface area contributed by atoms with Gasteiger partial charge in [0.25, 0.3) is 11.5 Å². The van der Waals surface area contributed by atoms with E-state index < -0.39 is 17.4 Å². The van der Waals surface area contributed by atoms with E-state index in [-0.39, 0.29) is 22.7 Å². The van der Waals surface area contributed by atoms with Gasteiger partial charge in [-0.25, -0.2) is 9.89 Å². The number of aromatic hydroxyl groups is 1. The highest BCUT2D eigenvalue weighted by molar-refractivity contribution is 6.03. The average Bonchev–Trinajstić information content (AvgIpc) is 2.41. The molecular weight excluding hydrogens is 266 g/mol. The SMILES string of the molecule is O=C(O)c1ccc(NC(=O)c2ccc(=O)[nH]n2)c(O)c1. The first-order valence-corrected chi connectivity index (χ1v) is 5.41. The van der Waals surface area contributed by atoms with Crippen molar-refractivity contribution in [3.05, 3.63) is 51.9 Å². The third-order valence-corrected chi connectivity index (χ3v) is 2.40. The number of aromatic nitrogens is 2. The number of hydrogen-bond donors (Lipinski definition) is 4. The van der Waals surface area contributed by atoms with Crippen LogP contribution in [0.3, 0.4) is 0 Å². The van der Waals surface area contributed by atoms with Gasteiger partial charge >= 0.3 is 5.97 Å². The summed E-state index contributed by atoms with van der Waals surface area (Å²) in [5.74, 6) is -2.23. The number of H-pyrrole nitrogens is 1. The third kappa shape index (κ3) is 2.80. The Morgan fingerprint density at radius 1 is 1.20 bits per heavy atom. The number of carboxylic acid groups (broad SMARTS) is 1. The molecule has 0 aliphatic carbocycles. The molecular formula is C12H9N3O5. The maximum Gasteiger partial charge on any atom is 0.335 e. The molecule has 4 N–H and O–H groups in total. The Bertz CT molecular complexity index is 718. The summed E-state index contributed by atoms with van der Waals surface area (Å²) in [7, 11) is 0. The number of nitrogens with one attached hydrogen (secondary N) is 2. The van der Waals surface area contributed by atoms with Crippen molar-refractivity contribution in [1.82, 2.24) is 10.2 Å². The van der Waals surface area contributed by atoms with E-state index in [2.05, 4.69) is 15.5 Å². The van der Waals surface area contributed by atoms with E-state index in [0.29, 0.717) is 0 Å². The van der Waals surface area contributed by atoms with Crippen molar-refractivity contribution in [2.24, 2.45) is 0 Å². The second-order valence-electron chi connectivity index (χ2n) is 3.80. The fraction of sp³-hybridized carbons (Fsp3) is 0. The van der Waals surface area contributed by atoms with Crippen LogP contribution in [0.15, 0.2) is 35.1 Å². The van der Waals surface area contributed by atoms with Crippen LogP contribution in [0.4, 0.5) is 5.69 Å². The lowest BCUT2D eigenvalue weighted by molar-refractivity contribution is 0.0696. The predicted molar refractivity (Wildman–Crippen MR) is 67.9 cm³/mol. The Labute approximate surface area is 111 Å². The highest BCUT2D eigenvalue weighted by Gasteiger charge is 2.12. The number of rotatable bonds is 3. The summed E-state index contributed by atoms with van der Waals surface area (Å²) in [6.07, 6.45) is 0. The lowest BCUT2D eigenvalue weighted by Gasteiger charge is -2.07. The number of benzene rings is 1. The number of nitrogens with zero attached hydrogens (tertiary/aromatic N) is 1. The smallest absolute Gasteiger partial charge is 0.335 e. The van der Waals surface area contributed by atoms with Crippen LogP contribution in [0.2, 0.25) is 0 Å². The molecule has 20 heavy (non-hydrogen) atoms. The second-order valence-corrected chi connectivity index (χ2v) is 3.80. The minimum Gasteiger partial charge on any atom is -0.506 e. The third-order valence-electron chi connectivity index (χ3n) is 2.40. The van der Waals surface area contributed by atoms with Gasteiger partial charge in [0.15, 0.2) is 0 Å². The number of carbonyl (C=O) groups is 2. The fourth-order valence-corrected chi connectivity index (χ4v) is 1.43. The number of hydrogen-bond acceptors (Lipinski definition) is 5. The van der Waals surface area contributed by atoms with Gasteiger partial charge < -0.3 is 15.5 Å². The molecule has 0 radical (unpaired) electrons. The van der Waals surface area contributed by atoms with E-state index in [4.69, 9.17) is 5.11 Å². The molecule has 0 fully saturated rings. The quantitative estimate of drug-likeness (QED) is 0.600. The molecule has 0 saturated carbocycles. The van der Waals surface area contributed by atoms with Gasteiger partial charge in [-0.2, -0.15) is 5.10 Å². The van der Waals surface area contributed by atoms with Crippen molar-refractivity contribution in [1.29, 1.82) is 0 Å². The normalized spacial score (nSPS) is 10.0. The van der Waals surface area contributed by atoms with Crippen LogP contribution in [0.25, 0.3) is 0 Å². The Balaban J connectivity index is 2.21. The van der Waals surface area contributed by atoms with E-state index in [0.717, 1.165) is 12.1 Å². The number of aromatic carboxylic acids is 1. The fourth-order valence-electron chi connectivity index (χ4n) is 1.43. The summed E-state index contributed by atoms with van der Waals surface area (Å²) in [5, 5.41) is 26.3. The predicted octanol–water partition coefficient (Wildman–Crippen LogP) is 0.426. The topological polar surface area (TPSA) is 132 Å². The number of anilines is 1. The molecule has 1 amide bonds. The lowest BCUT2D eigenvalue weighted by Crippen LogP contribution is -2.17. The first-order chi connectivity index (χ1) is 9.47. The minimum atomic E-state index is -1.19. The zero-order chi connectivity index (χ0) is 14.7. The number of carbonyl (C=O) groups excluding carboxylic acids is 1. The highest BCUT2D eigenvalue weighted by Crippen LogP contribution is 2.24. The molecule has 2 rings (SSSR count). The summed E-state index contributed by atoms with van der Waals surface area (Å²) >= 11 is 0. The standard InChI is InChI=1S/C12H9N3O5/c16-9-5-6(12(19)20)1-2-7(9)13-11(18)8-3-4-10(17)15-14-8/h1-5,16H,(H,13,18)(H,15,17)(H,19,20). The van der Waals surface area contributed by atoms with Crippen LogP contribution in [0.1, 0.15) is 20.8 Å². The van der Waals surface area contributed by atoms with Gasteiger partial charge in [0, 0.05) is 6.07 Å². The molecule has 0 saturated heterocycles. The van der Waals surface area contributed by atoms with E-state index in [1.807, 2.05) is 0 Å². The van der Waals surface area contributed by atoms with Gasteiger partial charge in [0.1, 0.15) is 11.4 Å². The molecule has 102 valence electrons. The van der Waals surface area contributed by atoms with Gasteiger partial charge in [0.05, 0.1) is 11.3 Å². The largest absolute Gasteiger partial charge is 0.506 e. The molecule has 0 unspecified atom stereocenters. The lowest BCUT2D eigenvalue weighted by atomic mass is 10.2. The van der Waals surface area contributed by atoms with Crippen LogP contribution in [-0.2, 0) is 0 Å². The molecule has 1 aromatic carbocycles. The Hall–Kier alpha value is -3.16. The maximum atomic E-state index is 11.8. The van der Waals surface area contributed by atoms with Crippen molar-refractivity contribution in [3.63, 3.8) is 0 Å². The van der Waals surface area contributed by atoms with Gasteiger partial charge in [-0.05, 0) is 24.3 Å². The van der Waals surface area contributed by atoms with Crippen LogP contribution >= 0.6 is 0 Å². The maximum absolute atomic E-state index is 11.8. The molecule has 0 bridgehead atoms. The molecule has 1 heterocycles. The van der Waals surface area contributed by atoms with Crippen molar-refractivity contribution in [2.75, 3.05) is 5.32 Å². The van der Waals surface area contributed by atoms with Crippen molar-refractivity contribution >= 4 is 17.6 Å². The molecule has 2 aromatic rings. The summed E-state index contributed by atoms with van der Waals surface area (Å²) < 4.78 is 0. The summed E-state index contributed by atoms with van der Waals surface area (Å²) in [5.41, 5.74) is -0.572. The Morgan fingerprint density at radius 2 is 1.95 bits per heavy atom. The summed E-state index contributed by atoms with van der Waals surface area (Å²) in [6, 6.07) is 5.85. The number of aromatic amines is 1. The molecule has 8 nitrogen and oxygen atoms in total. The number of amides is 1.